The lowest BCUT2D eigenvalue weighted by Crippen LogP contribution is -2.37. The quantitative estimate of drug-likeness (QED) is 0.428. The Hall–Kier alpha value is -3.56. The molecule has 4 rings (SSSR count). The van der Waals surface area contributed by atoms with E-state index in [0.29, 0.717) is 18.0 Å². The van der Waals surface area contributed by atoms with Crippen LogP contribution in [-0.4, -0.2) is 53.1 Å². The summed E-state index contributed by atoms with van der Waals surface area (Å²) in [6.45, 7) is 2.27. The molecule has 9 heteroatoms. The first-order valence-electron chi connectivity index (χ1n) is 11.8. The molecule has 190 valence electrons. The molecule has 0 bridgehead atoms. The molecule has 1 fully saturated rings. The van der Waals surface area contributed by atoms with Crippen LogP contribution in [0.3, 0.4) is 0 Å². The SMILES string of the molecule is COc1ccc(NS(=O)(=O)c2cccc(C(=O)NC[C@@H](c3ccccc3OC)N3CCCC3)c2)cc1. The molecule has 1 heterocycles. The van der Waals surface area contributed by atoms with Crippen LogP contribution in [0.5, 0.6) is 11.5 Å². The van der Waals surface area contributed by atoms with Crippen LogP contribution in [-0.2, 0) is 10.0 Å². The number of hydrogen-bond donors (Lipinski definition) is 2. The van der Waals surface area contributed by atoms with Crippen molar-refractivity contribution >= 4 is 21.6 Å². The van der Waals surface area contributed by atoms with Crippen molar-refractivity contribution in [3.05, 3.63) is 83.9 Å². The number of ether oxygens (including phenoxy) is 2. The normalized spacial score (nSPS) is 14.7. The van der Waals surface area contributed by atoms with E-state index < -0.39 is 10.0 Å². The van der Waals surface area contributed by atoms with Crippen molar-refractivity contribution < 1.29 is 22.7 Å². The summed E-state index contributed by atoms with van der Waals surface area (Å²) in [7, 11) is -0.697. The molecule has 1 aliphatic rings. The Balaban J connectivity index is 1.49. The first-order valence-corrected chi connectivity index (χ1v) is 13.3. The van der Waals surface area contributed by atoms with Gasteiger partial charge in [-0.1, -0.05) is 24.3 Å². The van der Waals surface area contributed by atoms with Gasteiger partial charge in [-0.2, -0.15) is 0 Å². The van der Waals surface area contributed by atoms with Gasteiger partial charge in [-0.15, -0.1) is 0 Å². The summed E-state index contributed by atoms with van der Waals surface area (Å²) >= 11 is 0. The first-order chi connectivity index (χ1) is 17.4. The van der Waals surface area contributed by atoms with Crippen LogP contribution >= 0.6 is 0 Å². The Bertz CT molecular complexity index is 1290. The van der Waals surface area contributed by atoms with Gasteiger partial charge in [-0.25, -0.2) is 8.42 Å². The highest BCUT2D eigenvalue weighted by Crippen LogP contribution is 2.31. The monoisotopic (exact) mass is 509 g/mol. The van der Waals surface area contributed by atoms with Gasteiger partial charge in [-0.05, 0) is 74.5 Å². The van der Waals surface area contributed by atoms with Gasteiger partial charge in [0, 0.05) is 23.4 Å². The van der Waals surface area contributed by atoms with E-state index in [1.54, 1.807) is 50.6 Å². The second kappa shape index (κ2) is 11.5. The molecule has 36 heavy (non-hydrogen) atoms. The van der Waals surface area contributed by atoms with Crippen molar-refractivity contribution in [1.82, 2.24) is 10.2 Å². The standard InChI is InChI=1S/C27H31N3O5S/c1-34-22-14-12-21(13-15-22)29-36(32,33)23-9-7-8-20(18-23)27(31)28-19-25(30-16-5-6-17-30)24-10-3-4-11-26(24)35-2/h3-4,7-15,18,25,29H,5-6,16-17,19H2,1-2H3,(H,28,31)/t25-/m0/s1. The summed E-state index contributed by atoms with van der Waals surface area (Å²) < 4.78 is 39.1. The van der Waals surface area contributed by atoms with Crippen LogP contribution in [0.4, 0.5) is 5.69 Å². The minimum atomic E-state index is -3.88. The zero-order valence-corrected chi connectivity index (χ0v) is 21.3. The second-order valence-corrected chi connectivity index (χ2v) is 10.3. The third kappa shape index (κ3) is 5.98. The van der Waals surface area contributed by atoms with E-state index in [0.717, 1.165) is 37.2 Å². The van der Waals surface area contributed by atoms with E-state index in [4.69, 9.17) is 9.47 Å². The smallest absolute Gasteiger partial charge is 0.261 e. The van der Waals surface area contributed by atoms with Crippen LogP contribution in [0.25, 0.3) is 0 Å². The van der Waals surface area contributed by atoms with E-state index in [2.05, 4.69) is 14.9 Å². The number of nitrogens with zero attached hydrogens (tertiary/aromatic N) is 1. The number of sulfonamides is 1. The summed E-state index contributed by atoms with van der Waals surface area (Å²) in [6.07, 6.45) is 2.22. The number of nitrogens with one attached hydrogen (secondary N) is 2. The van der Waals surface area contributed by atoms with Crippen LogP contribution in [0.1, 0.15) is 34.8 Å². The number of anilines is 1. The van der Waals surface area contributed by atoms with E-state index in [1.807, 2.05) is 24.3 Å². The van der Waals surface area contributed by atoms with Crippen molar-refractivity contribution in [3.63, 3.8) is 0 Å². The maximum atomic E-state index is 13.1. The molecule has 2 N–H and O–H groups in total. The molecule has 0 spiro atoms. The summed E-state index contributed by atoms with van der Waals surface area (Å²) in [5.41, 5.74) is 1.69. The van der Waals surface area contributed by atoms with Gasteiger partial charge in [-0.3, -0.25) is 14.4 Å². The van der Waals surface area contributed by atoms with Gasteiger partial charge in [0.15, 0.2) is 0 Å². The second-order valence-electron chi connectivity index (χ2n) is 8.57. The van der Waals surface area contributed by atoms with Gasteiger partial charge in [0.05, 0.1) is 25.2 Å². The van der Waals surface area contributed by atoms with Crippen LogP contribution in [0, 0.1) is 0 Å². The van der Waals surface area contributed by atoms with Gasteiger partial charge in [0.25, 0.3) is 15.9 Å². The molecule has 0 unspecified atom stereocenters. The fourth-order valence-electron chi connectivity index (χ4n) is 4.40. The van der Waals surface area contributed by atoms with E-state index in [1.165, 1.54) is 12.1 Å². The number of hydrogen-bond acceptors (Lipinski definition) is 6. The van der Waals surface area contributed by atoms with Crippen LogP contribution < -0.4 is 19.5 Å². The van der Waals surface area contributed by atoms with Crippen molar-refractivity contribution in [1.29, 1.82) is 0 Å². The molecule has 0 aliphatic carbocycles. The van der Waals surface area contributed by atoms with E-state index >= 15 is 0 Å². The average molecular weight is 510 g/mol. The third-order valence-corrected chi connectivity index (χ3v) is 7.66. The highest BCUT2D eigenvalue weighted by atomic mass is 32.2. The molecular formula is C27H31N3O5S. The minimum absolute atomic E-state index is 0.00629. The molecule has 0 radical (unpaired) electrons. The Morgan fingerprint density at radius 2 is 1.67 bits per heavy atom. The number of benzene rings is 3. The van der Waals surface area contributed by atoms with Crippen molar-refractivity contribution in [2.75, 3.05) is 38.6 Å². The fraction of sp³-hybridized carbons (Fsp3) is 0.296. The largest absolute Gasteiger partial charge is 0.497 e. The molecular weight excluding hydrogens is 478 g/mol. The molecule has 0 saturated carbocycles. The summed E-state index contributed by atoms with van der Waals surface area (Å²) in [6, 6.07) is 20.4. The van der Waals surface area contributed by atoms with Crippen molar-refractivity contribution in [3.8, 4) is 11.5 Å². The number of amides is 1. The molecule has 3 aromatic carbocycles. The first kappa shape index (κ1) is 25.5. The van der Waals surface area contributed by atoms with Crippen molar-refractivity contribution in [2.45, 2.75) is 23.8 Å². The topological polar surface area (TPSA) is 97.0 Å². The van der Waals surface area contributed by atoms with Gasteiger partial charge < -0.3 is 14.8 Å². The molecule has 1 saturated heterocycles. The lowest BCUT2D eigenvalue weighted by atomic mass is 10.0. The highest BCUT2D eigenvalue weighted by Gasteiger charge is 2.26. The molecule has 3 aromatic rings. The van der Waals surface area contributed by atoms with Crippen LogP contribution in [0.2, 0.25) is 0 Å². The zero-order valence-electron chi connectivity index (χ0n) is 20.4. The van der Waals surface area contributed by atoms with Gasteiger partial charge >= 0.3 is 0 Å². The minimum Gasteiger partial charge on any atom is -0.497 e. The Kier molecular flexibility index (Phi) is 8.12. The number of likely N-dealkylation sites (tertiary alicyclic amines) is 1. The number of para-hydroxylation sites is 1. The molecule has 8 nitrogen and oxygen atoms in total. The Labute approximate surface area is 212 Å². The summed E-state index contributed by atoms with van der Waals surface area (Å²) in [4.78, 5) is 15.4. The lowest BCUT2D eigenvalue weighted by molar-refractivity contribution is 0.0937. The number of rotatable bonds is 10. The van der Waals surface area contributed by atoms with Gasteiger partial charge in [0.2, 0.25) is 0 Å². The molecule has 1 aliphatic heterocycles. The van der Waals surface area contributed by atoms with Crippen LogP contribution in [0.15, 0.2) is 77.7 Å². The predicted molar refractivity (Wildman–Crippen MR) is 139 cm³/mol. The van der Waals surface area contributed by atoms with Gasteiger partial charge in [0.1, 0.15) is 11.5 Å². The Morgan fingerprint density at radius 3 is 2.36 bits per heavy atom. The summed E-state index contributed by atoms with van der Waals surface area (Å²) in [5.74, 6) is 1.06. The van der Waals surface area contributed by atoms with E-state index in [9.17, 15) is 13.2 Å². The Morgan fingerprint density at radius 1 is 0.944 bits per heavy atom. The maximum Gasteiger partial charge on any atom is 0.261 e. The molecule has 0 aromatic heterocycles. The number of methoxy groups -OCH3 is 2. The average Bonchev–Trinajstić information content (AvgIpc) is 3.44. The predicted octanol–water partition coefficient (Wildman–Crippen LogP) is 4.07. The maximum absolute atomic E-state index is 13.1. The van der Waals surface area contributed by atoms with Crippen molar-refractivity contribution in [2.24, 2.45) is 0 Å². The number of carbonyl (C=O) groups excluding carboxylic acids is 1. The molecule has 1 atom stereocenters. The highest BCUT2D eigenvalue weighted by molar-refractivity contribution is 7.92. The number of carbonyl (C=O) groups is 1. The molecule has 1 amide bonds. The third-order valence-electron chi connectivity index (χ3n) is 6.28. The zero-order chi connectivity index (χ0) is 25.5. The lowest BCUT2D eigenvalue weighted by Gasteiger charge is -2.29. The summed E-state index contributed by atoms with van der Waals surface area (Å²) in [5, 5.41) is 3.00. The fourth-order valence-corrected chi connectivity index (χ4v) is 5.50. The van der Waals surface area contributed by atoms with E-state index in [-0.39, 0.29) is 22.4 Å².